The summed E-state index contributed by atoms with van der Waals surface area (Å²) < 4.78 is 27.9. The van der Waals surface area contributed by atoms with Crippen molar-refractivity contribution in [2.24, 2.45) is 4.99 Å². The van der Waals surface area contributed by atoms with E-state index in [2.05, 4.69) is 25.7 Å². The predicted octanol–water partition coefficient (Wildman–Crippen LogP) is 2.98. The first-order valence-corrected chi connectivity index (χ1v) is 12.0. The van der Waals surface area contributed by atoms with Gasteiger partial charge >= 0.3 is 0 Å². The van der Waals surface area contributed by atoms with E-state index in [9.17, 15) is 13.2 Å². The van der Waals surface area contributed by atoms with Gasteiger partial charge in [0.05, 0.1) is 4.90 Å². The van der Waals surface area contributed by atoms with Crippen molar-refractivity contribution in [2.45, 2.75) is 44.0 Å². The lowest BCUT2D eigenvalue weighted by atomic mass is 10.2. The standard InChI is InChI=1S/C22H29N5O3S/c1-3-6-16(2)27-31(29,30)20-8-4-7-19(15-20)25-18-11-9-17(10-12-18)21(28)26-22-23-13-5-14-24-22/h4,7-12,15-16,25,27H,3,5-6,13-14H2,1-2H3,(H2,23,24,26,28). The topological polar surface area (TPSA) is 112 Å². The molecular formula is C22H29N5O3S. The Hall–Kier alpha value is -2.91. The van der Waals surface area contributed by atoms with Crippen molar-refractivity contribution < 1.29 is 13.2 Å². The molecule has 166 valence electrons. The van der Waals surface area contributed by atoms with Crippen LogP contribution in [0.3, 0.4) is 0 Å². The van der Waals surface area contributed by atoms with Gasteiger partial charge in [0.1, 0.15) is 0 Å². The number of aliphatic imine (C=N–C) groups is 1. The number of guanidine groups is 1. The highest BCUT2D eigenvalue weighted by molar-refractivity contribution is 7.89. The van der Waals surface area contributed by atoms with E-state index >= 15 is 0 Å². The molecule has 0 spiro atoms. The van der Waals surface area contributed by atoms with E-state index in [1.54, 1.807) is 48.5 Å². The van der Waals surface area contributed by atoms with Gasteiger partial charge in [-0.1, -0.05) is 19.4 Å². The van der Waals surface area contributed by atoms with Crippen LogP contribution < -0.4 is 20.7 Å². The summed E-state index contributed by atoms with van der Waals surface area (Å²) in [4.78, 5) is 16.6. The maximum Gasteiger partial charge on any atom is 0.280 e. The number of sulfonamides is 1. The normalized spacial score (nSPS) is 14.8. The number of benzene rings is 2. The van der Waals surface area contributed by atoms with Crippen LogP contribution in [0.4, 0.5) is 11.4 Å². The van der Waals surface area contributed by atoms with Crippen LogP contribution in [-0.2, 0) is 10.0 Å². The summed E-state index contributed by atoms with van der Waals surface area (Å²) in [5.74, 6) is 0.169. The Bertz CT molecular complexity index is 1030. The molecule has 3 rings (SSSR count). The summed E-state index contributed by atoms with van der Waals surface area (Å²) >= 11 is 0. The average molecular weight is 444 g/mol. The van der Waals surface area contributed by atoms with Crippen LogP contribution >= 0.6 is 0 Å². The number of carbonyl (C=O) groups is 1. The van der Waals surface area contributed by atoms with Crippen LogP contribution in [0.5, 0.6) is 0 Å². The number of nitrogens with zero attached hydrogens (tertiary/aromatic N) is 1. The third kappa shape index (κ3) is 6.53. The summed E-state index contributed by atoms with van der Waals surface area (Å²) in [6, 6.07) is 13.4. The smallest absolute Gasteiger partial charge is 0.280 e. The van der Waals surface area contributed by atoms with E-state index in [-0.39, 0.29) is 16.8 Å². The number of anilines is 2. The Labute approximate surface area is 183 Å². The maximum atomic E-state index is 12.6. The molecule has 0 bridgehead atoms. The molecule has 1 amide bonds. The third-order valence-electron chi connectivity index (χ3n) is 4.79. The molecule has 1 aliphatic heterocycles. The van der Waals surface area contributed by atoms with E-state index in [0.717, 1.165) is 38.0 Å². The van der Waals surface area contributed by atoms with Gasteiger partial charge in [-0.3, -0.25) is 4.79 Å². The molecule has 1 heterocycles. The molecule has 0 aromatic heterocycles. The summed E-state index contributed by atoms with van der Waals surface area (Å²) in [6.07, 6.45) is 2.67. The minimum Gasteiger partial charge on any atom is -0.356 e. The van der Waals surface area contributed by atoms with Crippen molar-refractivity contribution in [2.75, 3.05) is 18.4 Å². The lowest BCUT2D eigenvalue weighted by molar-refractivity contribution is 0.100. The summed E-state index contributed by atoms with van der Waals surface area (Å²) in [6.45, 7) is 5.47. The number of carbonyl (C=O) groups excluding carboxylic acids is 1. The Kier molecular flexibility index (Phi) is 7.64. The Balaban J connectivity index is 1.67. The highest BCUT2D eigenvalue weighted by atomic mass is 32.2. The maximum absolute atomic E-state index is 12.6. The van der Waals surface area contributed by atoms with Gasteiger partial charge in [-0.05, 0) is 62.2 Å². The van der Waals surface area contributed by atoms with E-state index in [0.29, 0.717) is 17.2 Å². The highest BCUT2D eigenvalue weighted by Crippen LogP contribution is 2.21. The van der Waals surface area contributed by atoms with Gasteiger partial charge in [0.25, 0.3) is 5.91 Å². The molecule has 1 aliphatic rings. The number of hydrogen-bond acceptors (Lipinski definition) is 4. The van der Waals surface area contributed by atoms with Gasteiger partial charge in [0.15, 0.2) is 5.96 Å². The second-order valence-corrected chi connectivity index (χ2v) is 9.23. The van der Waals surface area contributed by atoms with Crippen LogP contribution in [0.1, 0.15) is 43.5 Å². The molecule has 1 saturated heterocycles. The molecule has 2 aromatic rings. The van der Waals surface area contributed by atoms with Crippen molar-refractivity contribution in [3.05, 3.63) is 54.1 Å². The number of nitrogens with one attached hydrogen (secondary N) is 4. The molecule has 1 unspecified atom stereocenters. The van der Waals surface area contributed by atoms with Gasteiger partial charge in [0.2, 0.25) is 10.0 Å². The first-order chi connectivity index (χ1) is 14.9. The molecule has 9 heteroatoms. The van der Waals surface area contributed by atoms with Crippen LogP contribution in [-0.4, -0.2) is 39.4 Å². The van der Waals surface area contributed by atoms with Crippen molar-refractivity contribution >= 4 is 33.3 Å². The molecule has 0 aliphatic carbocycles. The van der Waals surface area contributed by atoms with E-state index < -0.39 is 10.0 Å². The number of rotatable bonds is 8. The van der Waals surface area contributed by atoms with E-state index in [4.69, 9.17) is 0 Å². The Morgan fingerprint density at radius 2 is 1.81 bits per heavy atom. The van der Waals surface area contributed by atoms with E-state index in [1.807, 2.05) is 13.8 Å². The van der Waals surface area contributed by atoms with Crippen LogP contribution in [0.15, 0.2) is 58.4 Å². The van der Waals surface area contributed by atoms with Gasteiger partial charge in [0, 0.05) is 36.1 Å². The molecular weight excluding hydrogens is 414 g/mol. The monoisotopic (exact) mass is 443 g/mol. The SMILES string of the molecule is CCCC(C)NS(=O)(=O)c1cccc(Nc2ccc(C(=O)N=C3NCCCN3)cc2)c1. The van der Waals surface area contributed by atoms with Gasteiger partial charge in [-0.25, -0.2) is 13.1 Å². The molecule has 8 nitrogen and oxygen atoms in total. The van der Waals surface area contributed by atoms with E-state index in [1.165, 1.54) is 0 Å². The minimum absolute atomic E-state index is 0.126. The zero-order chi connectivity index (χ0) is 22.3. The van der Waals surface area contributed by atoms with Gasteiger partial charge < -0.3 is 16.0 Å². The fourth-order valence-corrected chi connectivity index (χ4v) is 4.56. The van der Waals surface area contributed by atoms with Crippen molar-refractivity contribution in [1.29, 1.82) is 0 Å². The molecule has 0 radical (unpaired) electrons. The first-order valence-electron chi connectivity index (χ1n) is 10.5. The summed E-state index contributed by atoms with van der Waals surface area (Å²) in [7, 11) is -3.59. The summed E-state index contributed by atoms with van der Waals surface area (Å²) in [5.41, 5.74) is 1.85. The molecule has 0 saturated carbocycles. The number of hydrogen-bond donors (Lipinski definition) is 4. The largest absolute Gasteiger partial charge is 0.356 e. The van der Waals surface area contributed by atoms with Crippen molar-refractivity contribution in [1.82, 2.24) is 15.4 Å². The molecule has 2 aromatic carbocycles. The lowest BCUT2D eigenvalue weighted by Gasteiger charge is -2.16. The van der Waals surface area contributed by atoms with Crippen molar-refractivity contribution in [3.63, 3.8) is 0 Å². The van der Waals surface area contributed by atoms with Gasteiger partial charge in [-0.15, -0.1) is 0 Å². The van der Waals surface area contributed by atoms with Crippen molar-refractivity contribution in [3.8, 4) is 0 Å². The Morgan fingerprint density at radius 3 is 2.48 bits per heavy atom. The first kappa shape index (κ1) is 22.8. The Morgan fingerprint density at radius 1 is 1.10 bits per heavy atom. The predicted molar refractivity (Wildman–Crippen MR) is 123 cm³/mol. The average Bonchev–Trinajstić information content (AvgIpc) is 2.75. The third-order valence-corrected chi connectivity index (χ3v) is 6.38. The quantitative estimate of drug-likeness (QED) is 0.499. The highest BCUT2D eigenvalue weighted by Gasteiger charge is 2.17. The minimum atomic E-state index is -3.59. The molecule has 1 atom stereocenters. The van der Waals surface area contributed by atoms with Crippen LogP contribution in [0.2, 0.25) is 0 Å². The molecule has 4 N–H and O–H groups in total. The zero-order valence-corrected chi connectivity index (χ0v) is 18.6. The fraction of sp³-hybridized carbons (Fsp3) is 0.364. The number of amides is 1. The second kappa shape index (κ2) is 10.4. The second-order valence-electron chi connectivity index (χ2n) is 7.51. The molecule has 31 heavy (non-hydrogen) atoms. The lowest BCUT2D eigenvalue weighted by Crippen LogP contribution is -2.44. The summed E-state index contributed by atoms with van der Waals surface area (Å²) in [5, 5.41) is 9.28. The van der Waals surface area contributed by atoms with Gasteiger partial charge in [-0.2, -0.15) is 4.99 Å². The van der Waals surface area contributed by atoms with Crippen LogP contribution in [0.25, 0.3) is 0 Å². The zero-order valence-electron chi connectivity index (χ0n) is 17.8. The molecule has 1 fully saturated rings. The van der Waals surface area contributed by atoms with Crippen LogP contribution in [0, 0.1) is 0 Å². The fourth-order valence-electron chi connectivity index (χ4n) is 3.24.